The third-order valence-corrected chi connectivity index (χ3v) is 3.25. The van der Waals surface area contributed by atoms with Crippen molar-refractivity contribution in [1.82, 2.24) is 20.2 Å². The van der Waals surface area contributed by atoms with Gasteiger partial charge in [0, 0.05) is 21.3 Å². The second-order valence-electron chi connectivity index (χ2n) is 4.13. The Hall–Kier alpha value is -2.11. The van der Waals surface area contributed by atoms with Crippen molar-refractivity contribution in [1.29, 1.82) is 0 Å². The Morgan fingerprint density at radius 2 is 1.80 bits per heavy atom. The Balaban J connectivity index is 2.15. The lowest BCUT2D eigenvalue weighted by molar-refractivity contribution is 0.791. The number of hydrogen-bond acceptors (Lipinski definition) is 4. The molecule has 1 aromatic heterocycles. The SMILES string of the molecule is Nc1cc(Cl)ccc1-c1nnnn1-c1cccc(Cl)c1. The first kappa shape index (κ1) is 12.9. The molecule has 0 saturated carbocycles. The first-order valence-corrected chi connectivity index (χ1v) is 6.50. The number of nitrogen functional groups attached to an aromatic ring is 1. The molecule has 1 heterocycles. The van der Waals surface area contributed by atoms with Gasteiger partial charge in [-0.3, -0.25) is 0 Å². The maximum absolute atomic E-state index is 5.99. The smallest absolute Gasteiger partial charge is 0.189 e. The largest absolute Gasteiger partial charge is 0.398 e. The Labute approximate surface area is 124 Å². The van der Waals surface area contributed by atoms with Gasteiger partial charge in [0.2, 0.25) is 0 Å². The molecule has 0 aliphatic rings. The van der Waals surface area contributed by atoms with Crippen LogP contribution in [0.15, 0.2) is 42.5 Å². The maximum atomic E-state index is 5.99. The fraction of sp³-hybridized carbons (Fsp3) is 0. The zero-order valence-electron chi connectivity index (χ0n) is 10.2. The lowest BCUT2D eigenvalue weighted by Gasteiger charge is -2.07. The summed E-state index contributed by atoms with van der Waals surface area (Å²) in [6.45, 7) is 0. The molecule has 0 spiro atoms. The molecule has 0 amide bonds. The molecule has 3 aromatic rings. The van der Waals surface area contributed by atoms with E-state index in [-0.39, 0.29) is 0 Å². The standard InChI is InChI=1S/C13H9Cl2N5/c14-8-2-1-3-10(6-8)20-13(17-18-19-20)11-5-4-9(15)7-12(11)16/h1-7H,16H2. The summed E-state index contributed by atoms with van der Waals surface area (Å²) in [6.07, 6.45) is 0. The number of hydrogen-bond donors (Lipinski definition) is 1. The van der Waals surface area contributed by atoms with E-state index in [2.05, 4.69) is 15.5 Å². The van der Waals surface area contributed by atoms with Crippen LogP contribution >= 0.6 is 23.2 Å². The lowest BCUT2D eigenvalue weighted by Crippen LogP contribution is -2.01. The molecule has 0 aliphatic heterocycles. The predicted octanol–water partition coefficient (Wildman–Crippen LogP) is 3.22. The molecule has 0 bridgehead atoms. The van der Waals surface area contributed by atoms with Crippen molar-refractivity contribution in [3.05, 3.63) is 52.5 Å². The van der Waals surface area contributed by atoms with Crippen LogP contribution in [0.4, 0.5) is 5.69 Å². The fourth-order valence-corrected chi connectivity index (χ4v) is 2.24. The molecule has 0 aliphatic carbocycles. The van der Waals surface area contributed by atoms with E-state index in [1.165, 1.54) is 0 Å². The van der Waals surface area contributed by atoms with Crippen molar-refractivity contribution in [3.63, 3.8) is 0 Å². The van der Waals surface area contributed by atoms with Crippen molar-refractivity contribution in [3.8, 4) is 17.1 Å². The Morgan fingerprint density at radius 1 is 1.00 bits per heavy atom. The molecular weight excluding hydrogens is 297 g/mol. The van der Waals surface area contributed by atoms with Crippen molar-refractivity contribution in [2.45, 2.75) is 0 Å². The zero-order valence-corrected chi connectivity index (χ0v) is 11.7. The Morgan fingerprint density at radius 3 is 2.55 bits per heavy atom. The van der Waals surface area contributed by atoms with Gasteiger partial charge in [-0.05, 0) is 46.8 Å². The highest BCUT2D eigenvalue weighted by Gasteiger charge is 2.13. The summed E-state index contributed by atoms with van der Waals surface area (Å²) >= 11 is 11.9. The molecule has 100 valence electrons. The third-order valence-electron chi connectivity index (χ3n) is 2.78. The van der Waals surface area contributed by atoms with Crippen LogP contribution in [0.5, 0.6) is 0 Å². The van der Waals surface area contributed by atoms with Crippen LogP contribution in [0.1, 0.15) is 0 Å². The highest BCUT2D eigenvalue weighted by atomic mass is 35.5. The van der Waals surface area contributed by atoms with Gasteiger partial charge in [-0.1, -0.05) is 29.3 Å². The third kappa shape index (κ3) is 2.33. The van der Waals surface area contributed by atoms with Gasteiger partial charge in [-0.2, -0.15) is 4.68 Å². The summed E-state index contributed by atoms with van der Waals surface area (Å²) in [5, 5.41) is 12.9. The van der Waals surface area contributed by atoms with Crippen LogP contribution in [-0.2, 0) is 0 Å². The molecule has 0 fully saturated rings. The normalized spacial score (nSPS) is 10.7. The van der Waals surface area contributed by atoms with Crippen LogP contribution in [0.3, 0.4) is 0 Å². The van der Waals surface area contributed by atoms with Crippen molar-refractivity contribution in [2.75, 3.05) is 5.73 Å². The monoisotopic (exact) mass is 305 g/mol. The van der Waals surface area contributed by atoms with Gasteiger partial charge >= 0.3 is 0 Å². The first-order valence-electron chi connectivity index (χ1n) is 5.75. The number of nitrogens with zero attached hydrogens (tertiary/aromatic N) is 4. The molecule has 7 heteroatoms. The minimum Gasteiger partial charge on any atom is -0.398 e. The lowest BCUT2D eigenvalue weighted by atomic mass is 10.1. The molecule has 5 nitrogen and oxygen atoms in total. The van der Waals surface area contributed by atoms with Crippen molar-refractivity contribution in [2.24, 2.45) is 0 Å². The second kappa shape index (κ2) is 5.11. The number of halogens is 2. The summed E-state index contributed by atoms with van der Waals surface area (Å²) in [5.74, 6) is 0.529. The average molecular weight is 306 g/mol. The Kier molecular flexibility index (Phi) is 3.30. The van der Waals surface area contributed by atoms with E-state index in [9.17, 15) is 0 Å². The van der Waals surface area contributed by atoms with Gasteiger partial charge in [0.05, 0.1) is 5.69 Å². The van der Waals surface area contributed by atoms with Crippen molar-refractivity contribution >= 4 is 28.9 Å². The van der Waals surface area contributed by atoms with E-state index in [0.717, 1.165) is 5.69 Å². The predicted molar refractivity (Wildman–Crippen MR) is 79.0 cm³/mol. The van der Waals surface area contributed by atoms with Gasteiger partial charge in [0.1, 0.15) is 0 Å². The van der Waals surface area contributed by atoms with E-state index in [1.807, 2.05) is 12.1 Å². The molecule has 0 unspecified atom stereocenters. The minimum atomic E-state index is 0.510. The molecule has 0 saturated heterocycles. The van der Waals surface area contributed by atoms with Crippen LogP contribution in [0.2, 0.25) is 10.0 Å². The van der Waals surface area contributed by atoms with Crippen LogP contribution in [0.25, 0.3) is 17.1 Å². The molecule has 0 atom stereocenters. The van der Waals surface area contributed by atoms with Crippen LogP contribution in [0, 0.1) is 0 Å². The van der Waals surface area contributed by atoms with Gasteiger partial charge in [-0.25, -0.2) is 0 Å². The summed E-state index contributed by atoms with van der Waals surface area (Å²) in [6, 6.07) is 12.4. The number of rotatable bonds is 2. The number of tetrazole rings is 1. The van der Waals surface area contributed by atoms with E-state index in [0.29, 0.717) is 27.1 Å². The molecular formula is C13H9Cl2N5. The van der Waals surface area contributed by atoms with Crippen molar-refractivity contribution < 1.29 is 0 Å². The van der Waals surface area contributed by atoms with Crippen LogP contribution in [-0.4, -0.2) is 20.2 Å². The van der Waals surface area contributed by atoms with E-state index >= 15 is 0 Å². The highest BCUT2D eigenvalue weighted by Crippen LogP contribution is 2.28. The van der Waals surface area contributed by atoms with Crippen LogP contribution < -0.4 is 5.73 Å². The molecule has 2 aromatic carbocycles. The summed E-state index contributed by atoms with van der Waals surface area (Å²) in [7, 11) is 0. The topological polar surface area (TPSA) is 69.6 Å². The number of anilines is 1. The minimum absolute atomic E-state index is 0.510. The molecule has 3 rings (SSSR count). The molecule has 2 N–H and O–H groups in total. The zero-order chi connectivity index (χ0) is 14.1. The summed E-state index contributed by atoms with van der Waals surface area (Å²) < 4.78 is 1.57. The molecule has 0 radical (unpaired) electrons. The quantitative estimate of drug-likeness (QED) is 0.738. The summed E-state index contributed by atoms with van der Waals surface area (Å²) in [5.41, 5.74) is 7.94. The highest BCUT2D eigenvalue weighted by molar-refractivity contribution is 6.31. The molecule has 20 heavy (non-hydrogen) atoms. The maximum Gasteiger partial charge on any atom is 0.189 e. The van der Waals surface area contributed by atoms with Gasteiger partial charge in [0.15, 0.2) is 5.82 Å². The number of benzene rings is 2. The van der Waals surface area contributed by atoms with Gasteiger partial charge < -0.3 is 5.73 Å². The van der Waals surface area contributed by atoms with E-state index in [1.54, 1.807) is 35.0 Å². The Bertz CT molecular complexity index is 769. The van der Waals surface area contributed by atoms with E-state index in [4.69, 9.17) is 28.9 Å². The van der Waals surface area contributed by atoms with Gasteiger partial charge in [0.25, 0.3) is 0 Å². The fourth-order valence-electron chi connectivity index (χ4n) is 1.87. The first-order chi connectivity index (χ1) is 9.65. The second-order valence-corrected chi connectivity index (χ2v) is 5.00. The van der Waals surface area contributed by atoms with Gasteiger partial charge in [-0.15, -0.1) is 5.10 Å². The average Bonchev–Trinajstić information content (AvgIpc) is 2.87. The number of nitrogens with two attached hydrogens (primary N) is 1. The summed E-state index contributed by atoms with van der Waals surface area (Å²) in [4.78, 5) is 0. The van der Waals surface area contributed by atoms with E-state index < -0.39 is 0 Å². The number of aromatic nitrogens is 4.